The second kappa shape index (κ2) is 5.65. The zero-order valence-corrected chi connectivity index (χ0v) is 9.58. The minimum Gasteiger partial charge on any atom is -0.497 e. The van der Waals surface area contributed by atoms with Crippen molar-refractivity contribution in [3.8, 4) is 5.88 Å². The van der Waals surface area contributed by atoms with Crippen molar-refractivity contribution in [2.45, 2.75) is 0 Å². The molecule has 3 nitrogen and oxygen atoms in total. The zero-order chi connectivity index (χ0) is 10.4. The molecular weight excluding hydrogens is 246 g/mol. The summed E-state index contributed by atoms with van der Waals surface area (Å²) in [5.41, 5.74) is 0.860. The Bertz CT molecular complexity index is 297. The Morgan fingerprint density at radius 1 is 1.57 bits per heavy atom. The van der Waals surface area contributed by atoms with Gasteiger partial charge in [0, 0.05) is 23.2 Å². The lowest BCUT2D eigenvalue weighted by molar-refractivity contribution is 0.331. The minimum atomic E-state index is 0.601. The molecule has 4 heteroatoms. The number of aromatic nitrogens is 1. The molecular formula is C10H12BrNO2. The van der Waals surface area contributed by atoms with E-state index in [1.54, 1.807) is 19.4 Å². The van der Waals surface area contributed by atoms with Gasteiger partial charge in [0.1, 0.15) is 5.76 Å². The maximum atomic E-state index is 5.30. The van der Waals surface area contributed by atoms with Crippen molar-refractivity contribution >= 4 is 21.7 Å². The van der Waals surface area contributed by atoms with E-state index in [0.717, 1.165) is 10.9 Å². The molecule has 1 aromatic rings. The van der Waals surface area contributed by atoms with Crippen LogP contribution in [0, 0.1) is 0 Å². The largest absolute Gasteiger partial charge is 0.497 e. The molecule has 0 aromatic carbocycles. The van der Waals surface area contributed by atoms with E-state index in [0.29, 0.717) is 18.2 Å². The van der Waals surface area contributed by atoms with Gasteiger partial charge in [0.05, 0.1) is 13.7 Å². The lowest BCUT2D eigenvalue weighted by Crippen LogP contribution is -1.99. The molecule has 76 valence electrons. The van der Waals surface area contributed by atoms with Crippen molar-refractivity contribution in [1.29, 1.82) is 0 Å². The standard InChI is InChI=1S/C10H12BrNO2/c1-8(13-2)9-3-4-10(12-7-9)14-6-5-11/h3-4,7H,1,5-6H2,2H3. The van der Waals surface area contributed by atoms with Gasteiger partial charge in [0.25, 0.3) is 0 Å². The zero-order valence-electron chi connectivity index (χ0n) is 8.00. The summed E-state index contributed by atoms with van der Waals surface area (Å²) in [5, 5.41) is 0.793. The second-order valence-corrected chi connectivity index (χ2v) is 3.34. The smallest absolute Gasteiger partial charge is 0.213 e. The Morgan fingerprint density at radius 2 is 2.36 bits per heavy atom. The van der Waals surface area contributed by atoms with Gasteiger partial charge in [0.2, 0.25) is 5.88 Å². The van der Waals surface area contributed by atoms with Crippen LogP contribution in [0.15, 0.2) is 24.9 Å². The number of methoxy groups -OCH3 is 1. The van der Waals surface area contributed by atoms with Crippen LogP contribution in [0.25, 0.3) is 5.76 Å². The van der Waals surface area contributed by atoms with Crippen LogP contribution in [-0.4, -0.2) is 24.0 Å². The molecule has 0 saturated heterocycles. The van der Waals surface area contributed by atoms with Crippen LogP contribution >= 0.6 is 15.9 Å². The van der Waals surface area contributed by atoms with Crippen molar-refractivity contribution in [2.24, 2.45) is 0 Å². The van der Waals surface area contributed by atoms with Crippen molar-refractivity contribution < 1.29 is 9.47 Å². The molecule has 1 rings (SSSR count). The Hall–Kier alpha value is -1.03. The summed E-state index contributed by atoms with van der Waals surface area (Å²) in [6, 6.07) is 3.66. The third-order valence-electron chi connectivity index (χ3n) is 1.63. The fourth-order valence-electron chi connectivity index (χ4n) is 0.892. The molecule has 0 unspecified atom stereocenters. The fraction of sp³-hybridized carbons (Fsp3) is 0.300. The number of nitrogens with zero attached hydrogens (tertiary/aromatic N) is 1. The fourth-order valence-corrected chi connectivity index (χ4v) is 1.05. The van der Waals surface area contributed by atoms with E-state index in [4.69, 9.17) is 9.47 Å². The van der Waals surface area contributed by atoms with Crippen molar-refractivity contribution in [1.82, 2.24) is 4.98 Å². The summed E-state index contributed by atoms with van der Waals surface area (Å²) in [6.45, 7) is 4.33. The van der Waals surface area contributed by atoms with Gasteiger partial charge in [-0.05, 0) is 6.07 Å². The molecule has 0 bridgehead atoms. The van der Waals surface area contributed by atoms with Crippen molar-refractivity contribution in [3.05, 3.63) is 30.5 Å². The van der Waals surface area contributed by atoms with Gasteiger partial charge in [0.15, 0.2) is 0 Å². The molecule has 0 N–H and O–H groups in total. The molecule has 0 spiro atoms. The highest BCUT2D eigenvalue weighted by Crippen LogP contribution is 2.14. The quantitative estimate of drug-likeness (QED) is 0.600. The summed E-state index contributed by atoms with van der Waals surface area (Å²) in [4.78, 5) is 4.10. The van der Waals surface area contributed by atoms with Gasteiger partial charge in [-0.2, -0.15) is 0 Å². The molecule has 0 radical (unpaired) electrons. The summed E-state index contributed by atoms with van der Waals surface area (Å²) in [5.74, 6) is 1.21. The van der Waals surface area contributed by atoms with E-state index in [9.17, 15) is 0 Å². The highest BCUT2D eigenvalue weighted by Gasteiger charge is 1.99. The number of halogens is 1. The van der Waals surface area contributed by atoms with E-state index in [-0.39, 0.29) is 0 Å². The van der Waals surface area contributed by atoms with E-state index in [1.165, 1.54) is 0 Å². The predicted octanol–water partition coefficient (Wildman–Crippen LogP) is 2.47. The Labute approximate surface area is 91.9 Å². The second-order valence-electron chi connectivity index (χ2n) is 2.55. The van der Waals surface area contributed by atoms with Gasteiger partial charge >= 0.3 is 0 Å². The average molecular weight is 258 g/mol. The Balaban J connectivity index is 2.63. The summed E-state index contributed by atoms with van der Waals surface area (Å²) < 4.78 is 10.3. The maximum Gasteiger partial charge on any atom is 0.213 e. The first-order chi connectivity index (χ1) is 6.77. The first kappa shape index (κ1) is 11.0. The third-order valence-corrected chi connectivity index (χ3v) is 1.96. The van der Waals surface area contributed by atoms with Crippen LogP contribution in [0.2, 0.25) is 0 Å². The van der Waals surface area contributed by atoms with Gasteiger partial charge in [-0.25, -0.2) is 4.98 Å². The topological polar surface area (TPSA) is 31.4 Å². The predicted molar refractivity (Wildman–Crippen MR) is 59.6 cm³/mol. The summed E-state index contributed by atoms with van der Waals surface area (Å²) >= 11 is 3.27. The molecule has 0 fully saturated rings. The average Bonchev–Trinajstić information content (AvgIpc) is 2.26. The molecule has 0 aliphatic heterocycles. The van der Waals surface area contributed by atoms with E-state index in [1.807, 2.05) is 6.07 Å². The molecule has 1 heterocycles. The molecule has 0 aliphatic rings. The highest BCUT2D eigenvalue weighted by molar-refractivity contribution is 9.09. The van der Waals surface area contributed by atoms with Crippen LogP contribution in [0.4, 0.5) is 0 Å². The molecule has 0 saturated carbocycles. The third kappa shape index (κ3) is 3.03. The van der Waals surface area contributed by atoms with Crippen LogP contribution in [-0.2, 0) is 4.74 Å². The SMILES string of the molecule is C=C(OC)c1ccc(OCCBr)nc1. The normalized spacial score (nSPS) is 9.57. The Kier molecular flexibility index (Phi) is 4.46. The number of alkyl halides is 1. The molecule has 0 atom stereocenters. The number of hydrogen-bond acceptors (Lipinski definition) is 3. The highest BCUT2D eigenvalue weighted by atomic mass is 79.9. The van der Waals surface area contributed by atoms with Crippen molar-refractivity contribution in [2.75, 3.05) is 19.0 Å². The van der Waals surface area contributed by atoms with E-state index >= 15 is 0 Å². The van der Waals surface area contributed by atoms with Gasteiger partial charge < -0.3 is 9.47 Å². The summed E-state index contributed by atoms with van der Waals surface area (Å²) in [6.07, 6.45) is 1.68. The molecule has 1 aromatic heterocycles. The first-order valence-corrected chi connectivity index (χ1v) is 5.28. The first-order valence-electron chi connectivity index (χ1n) is 4.16. The number of rotatable bonds is 5. The van der Waals surface area contributed by atoms with Crippen LogP contribution in [0.5, 0.6) is 5.88 Å². The number of pyridine rings is 1. The number of ether oxygens (including phenoxy) is 2. The minimum absolute atomic E-state index is 0.601. The lowest BCUT2D eigenvalue weighted by Gasteiger charge is -2.05. The van der Waals surface area contributed by atoms with Crippen LogP contribution in [0.1, 0.15) is 5.56 Å². The van der Waals surface area contributed by atoms with Gasteiger partial charge in [-0.15, -0.1) is 0 Å². The Morgan fingerprint density at radius 3 is 2.86 bits per heavy atom. The molecule has 0 aliphatic carbocycles. The van der Waals surface area contributed by atoms with Gasteiger partial charge in [-0.1, -0.05) is 22.5 Å². The summed E-state index contributed by atoms with van der Waals surface area (Å²) in [7, 11) is 1.58. The van der Waals surface area contributed by atoms with E-state index < -0.39 is 0 Å². The number of hydrogen-bond donors (Lipinski definition) is 0. The molecule has 0 amide bonds. The lowest BCUT2D eigenvalue weighted by atomic mass is 10.2. The van der Waals surface area contributed by atoms with Crippen LogP contribution in [0.3, 0.4) is 0 Å². The molecule has 14 heavy (non-hydrogen) atoms. The maximum absolute atomic E-state index is 5.30. The monoisotopic (exact) mass is 257 g/mol. The van der Waals surface area contributed by atoms with E-state index in [2.05, 4.69) is 27.5 Å². The van der Waals surface area contributed by atoms with Crippen LogP contribution < -0.4 is 4.74 Å². The van der Waals surface area contributed by atoms with Crippen molar-refractivity contribution in [3.63, 3.8) is 0 Å². The van der Waals surface area contributed by atoms with Gasteiger partial charge in [-0.3, -0.25) is 0 Å².